The highest BCUT2D eigenvalue weighted by atomic mass is 35.5. The van der Waals surface area contributed by atoms with E-state index in [-0.39, 0.29) is 6.42 Å². The number of benzene rings is 3. The van der Waals surface area contributed by atoms with Crippen molar-refractivity contribution in [3.05, 3.63) is 76.8 Å². The third-order valence-electron chi connectivity index (χ3n) is 4.10. The van der Waals surface area contributed by atoms with Gasteiger partial charge in [0, 0.05) is 23.4 Å². The molecule has 0 aromatic heterocycles. The van der Waals surface area contributed by atoms with Crippen LogP contribution in [0.2, 0.25) is 5.02 Å². The lowest BCUT2D eigenvalue weighted by molar-refractivity contribution is -0.117. The fourth-order valence-electron chi connectivity index (χ4n) is 2.83. The van der Waals surface area contributed by atoms with Crippen molar-refractivity contribution in [2.75, 3.05) is 7.11 Å². The van der Waals surface area contributed by atoms with E-state index in [2.05, 4.69) is 11.2 Å². The van der Waals surface area contributed by atoms with Crippen molar-refractivity contribution in [2.24, 2.45) is 10.9 Å². The third kappa shape index (κ3) is 7.37. The van der Waals surface area contributed by atoms with Gasteiger partial charge in [-0.3, -0.25) is 14.1 Å². The summed E-state index contributed by atoms with van der Waals surface area (Å²) >= 11 is 3.84. The van der Waals surface area contributed by atoms with E-state index in [9.17, 15) is 4.79 Å². The lowest BCUT2D eigenvalue weighted by Gasteiger charge is -2.14. The maximum absolute atomic E-state index is 11.4. The number of hydrogen-bond acceptors (Lipinski definition) is 6. The van der Waals surface area contributed by atoms with E-state index in [1.807, 2.05) is 36.4 Å². The topological polar surface area (TPSA) is 151 Å². The molecule has 4 N–H and O–H groups in total. The standard InChI is InChI=1S/C22H17ClN2O3.H3NO2S/c1-27-17-9-16(19-5-3-2-4-15(19)11-22(25)26)10-18(12-17)28-21-8-14(13-24)6-7-20(21)23;1-4(2)3/h2-10,12H,11H2,1H3,(H2,25,26);1H2,(H,2,3)/p-1. The van der Waals surface area contributed by atoms with Gasteiger partial charge in [-0.05, 0) is 41.0 Å². The molecule has 3 aromatic rings. The molecule has 166 valence electrons. The summed E-state index contributed by atoms with van der Waals surface area (Å²) in [6, 6.07) is 19.7. The molecular weight excluding hydrogens is 454 g/mol. The first-order chi connectivity index (χ1) is 15.2. The molecule has 8 nitrogen and oxygen atoms in total. The molecule has 0 heterocycles. The minimum Gasteiger partial charge on any atom is -0.760 e. The van der Waals surface area contributed by atoms with Crippen LogP contribution >= 0.6 is 11.6 Å². The maximum atomic E-state index is 11.4. The minimum atomic E-state index is -2.36. The van der Waals surface area contributed by atoms with Gasteiger partial charge in [-0.1, -0.05) is 35.9 Å². The number of hydrogen-bond donors (Lipinski definition) is 2. The number of nitriles is 1. The Balaban J connectivity index is 0.000000837. The number of carbonyl (C=O) groups is 1. The van der Waals surface area contributed by atoms with Crippen LogP contribution in [0.3, 0.4) is 0 Å². The monoisotopic (exact) mass is 472 g/mol. The molecule has 0 aliphatic carbocycles. The predicted octanol–water partition coefficient (Wildman–Crippen LogP) is 3.45. The van der Waals surface area contributed by atoms with Crippen molar-refractivity contribution < 1.29 is 23.0 Å². The van der Waals surface area contributed by atoms with Gasteiger partial charge in [0.2, 0.25) is 5.91 Å². The van der Waals surface area contributed by atoms with Crippen LogP contribution in [-0.4, -0.2) is 21.8 Å². The second-order valence-electron chi connectivity index (χ2n) is 6.32. The predicted molar refractivity (Wildman–Crippen MR) is 121 cm³/mol. The Labute approximate surface area is 192 Å². The molecule has 0 saturated carbocycles. The summed E-state index contributed by atoms with van der Waals surface area (Å²) in [7, 11) is 1.56. The van der Waals surface area contributed by atoms with Crippen LogP contribution in [-0.2, 0) is 22.5 Å². The number of amides is 1. The van der Waals surface area contributed by atoms with Crippen LogP contribution in [0, 0.1) is 11.3 Å². The zero-order valence-electron chi connectivity index (χ0n) is 16.9. The maximum Gasteiger partial charge on any atom is 0.221 e. The zero-order valence-corrected chi connectivity index (χ0v) is 18.5. The molecule has 0 aliphatic heterocycles. The van der Waals surface area contributed by atoms with Crippen LogP contribution < -0.4 is 20.3 Å². The molecule has 0 aliphatic rings. The molecule has 3 aromatic carbocycles. The Morgan fingerprint density at radius 1 is 1.16 bits per heavy atom. The highest BCUT2D eigenvalue weighted by molar-refractivity contribution is 7.76. The van der Waals surface area contributed by atoms with E-state index in [0.29, 0.717) is 27.8 Å². The van der Waals surface area contributed by atoms with Gasteiger partial charge in [0.25, 0.3) is 0 Å². The summed E-state index contributed by atoms with van der Waals surface area (Å²) < 4.78 is 28.9. The Hall–Kier alpha value is -3.42. The summed E-state index contributed by atoms with van der Waals surface area (Å²) in [5, 5.41) is 13.5. The quantitative estimate of drug-likeness (QED) is 0.524. The zero-order chi connectivity index (χ0) is 23.7. The average molecular weight is 473 g/mol. The number of primary amides is 1. The fraction of sp³-hybridized carbons (Fsp3) is 0.0909. The molecule has 0 radical (unpaired) electrons. The number of halogens is 1. The minimum absolute atomic E-state index is 0.125. The van der Waals surface area contributed by atoms with E-state index in [4.69, 9.17) is 40.8 Å². The molecule has 1 amide bonds. The molecule has 32 heavy (non-hydrogen) atoms. The van der Waals surface area contributed by atoms with Crippen molar-refractivity contribution in [3.8, 4) is 34.4 Å². The van der Waals surface area contributed by atoms with Gasteiger partial charge in [-0.15, -0.1) is 0 Å². The molecule has 3 rings (SSSR count). The van der Waals surface area contributed by atoms with E-state index in [1.54, 1.807) is 31.4 Å². The first kappa shape index (κ1) is 24.8. The molecule has 1 atom stereocenters. The van der Waals surface area contributed by atoms with Crippen molar-refractivity contribution in [1.29, 1.82) is 5.26 Å². The molecular formula is C22H19ClN3O5S-. The van der Waals surface area contributed by atoms with Crippen molar-refractivity contribution in [1.82, 2.24) is 0 Å². The molecule has 0 spiro atoms. The van der Waals surface area contributed by atoms with Crippen LogP contribution in [0.4, 0.5) is 0 Å². The van der Waals surface area contributed by atoms with Crippen molar-refractivity contribution in [3.63, 3.8) is 0 Å². The average Bonchev–Trinajstić information content (AvgIpc) is 2.74. The van der Waals surface area contributed by atoms with Gasteiger partial charge in [0.1, 0.15) is 17.2 Å². The SMILES string of the molecule is COc1cc(Oc2cc(C#N)ccc2Cl)cc(-c2ccccc2CC(N)=O)c1.NS(=O)[O-]. The third-order valence-corrected chi connectivity index (χ3v) is 4.41. The number of ether oxygens (including phenoxy) is 2. The number of nitrogens with zero attached hydrogens (tertiary/aromatic N) is 1. The Kier molecular flexibility index (Phi) is 9.19. The second-order valence-corrected chi connectivity index (χ2v) is 7.25. The van der Waals surface area contributed by atoms with E-state index in [1.165, 1.54) is 0 Å². The number of nitrogens with two attached hydrogens (primary N) is 2. The Morgan fingerprint density at radius 2 is 1.81 bits per heavy atom. The molecule has 1 unspecified atom stereocenters. The van der Waals surface area contributed by atoms with Crippen molar-refractivity contribution >= 4 is 28.8 Å². The Morgan fingerprint density at radius 3 is 2.44 bits per heavy atom. The smallest absolute Gasteiger partial charge is 0.221 e. The van der Waals surface area contributed by atoms with Crippen LogP contribution in [0.5, 0.6) is 17.2 Å². The number of methoxy groups -OCH3 is 1. The first-order valence-electron chi connectivity index (χ1n) is 9.00. The summed E-state index contributed by atoms with van der Waals surface area (Å²) in [4.78, 5) is 11.4. The van der Waals surface area contributed by atoms with Gasteiger partial charge in [0.15, 0.2) is 0 Å². The van der Waals surface area contributed by atoms with Gasteiger partial charge < -0.3 is 19.8 Å². The highest BCUT2D eigenvalue weighted by Gasteiger charge is 2.12. The fourth-order valence-corrected chi connectivity index (χ4v) is 2.98. The number of rotatable bonds is 6. The first-order valence-corrected chi connectivity index (χ1v) is 10.5. The van der Waals surface area contributed by atoms with Crippen LogP contribution in [0.1, 0.15) is 11.1 Å². The van der Waals surface area contributed by atoms with Gasteiger partial charge >= 0.3 is 0 Å². The summed E-state index contributed by atoms with van der Waals surface area (Å²) in [5.41, 5.74) is 8.27. The summed E-state index contributed by atoms with van der Waals surface area (Å²) in [5.74, 6) is 1.02. The largest absolute Gasteiger partial charge is 0.760 e. The molecule has 0 bridgehead atoms. The van der Waals surface area contributed by atoms with E-state index >= 15 is 0 Å². The van der Waals surface area contributed by atoms with Gasteiger partial charge in [-0.25, -0.2) is 0 Å². The van der Waals surface area contributed by atoms with Gasteiger partial charge in [0.05, 0.1) is 30.2 Å². The Bertz CT molecular complexity index is 1180. The lowest BCUT2D eigenvalue weighted by atomic mass is 9.97. The molecule has 10 heteroatoms. The van der Waals surface area contributed by atoms with Crippen LogP contribution in [0.15, 0.2) is 60.7 Å². The number of carbonyl (C=O) groups excluding carboxylic acids is 1. The normalized spacial score (nSPS) is 10.8. The summed E-state index contributed by atoms with van der Waals surface area (Å²) in [6.07, 6.45) is 0.125. The van der Waals surface area contributed by atoms with Crippen molar-refractivity contribution in [2.45, 2.75) is 6.42 Å². The molecule has 0 fully saturated rings. The van der Waals surface area contributed by atoms with Crippen LogP contribution in [0.25, 0.3) is 11.1 Å². The highest BCUT2D eigenvalue weighted by Crippen LogP contribution is 2.36. The van der Waals surface area contributed by atoms with Gasteiger partial charge in [-0.2, -0.15) is 5.26 Å². The molecule has 0 saturated heterocycles. The van der Waals surface area contributed by atoms with E-state index in [0.717, 1.165) is 16.7 Å². The van der Waals surface area contributed by atoms with E-state index < -0.39 is 17.2 Å². The summed E-state index contributed by atoms with van der Waals surface area (Å²) in [6.45, 7) is 0. The second kappa shape index (κ2) is 11.8. The lowest BCUT2D eigenvalue weighted by Crippen LogP contribution is -2.14.